The molecule has 26 heavy (non-hydrogen) atoms. The first-order chi connectivity index (χ1) is 12.6. The van der Waals surface area contributed by atoms with Gasteiger partial charge in [-0.25, -0.2) is 8.42 Å². The smallest absolute Gasteiger partial charge is 0.182 e. The van der Waals surface area contributed by atoms with Crippen LogP contribution in [-0.2, 0) is 15.6 Å². The van der Waals surface area contributed by atoms with E-state index in [1.165, 1.54) is 0 Å². The van der Waals surface area contributed by atoms with Gasteiger partial charge in [0.05, 0.1) is 23.2 Å². The van der Waals surface area contributed by atoms with E-state index in [0.29, 0.717) is 29.4 Å². The highest BCUT2D eigenvalue weighted by atomic mass is 32.2. The van der Waals surface area contributed by atoms with E-state index in [1.807, 2.05) is 25.2 Å². The molecule has 0 aliphatic carbocycles. The third-order valence-electron chi connectivity index (χ3n) is 3.95. The van der Waals surface area contributed by atoms with E-state index in [4.69, 9.17) is 9.15 Å². The molecule has 0 saturated carbocycles. The molecule has 0 unspecified atom stereocenters. The highest BCUT2D eigenvalue weighted by molar-refractivity contribution is 7.90. The molecule has 0 atom stereocenters. The maximum absolute atomic E-state index is 12.6. The van der Waals surface area contributed by atoms with Crippen molar-refractivity contribution in [3.05, 3.63) is 72.7 Å². The Kier molecular flexibility index (Phi) is 5.75. The molecule has 0 aliphatic rings. The summed E-state index contributed by atoms with van der Waals surface area (Å²) in [6, 6.07) is 15.8. The van der Waals surface area contributed by atoms with Crippen LogP contribution in [-0.4, -0.2) is 28.6 Å². The minimum absolute atomic E-state index is 0.0783. The minimum Gasteiger partial charge on any atom is -0.492 e. The predicted octanol–water partition coefficient (Wildman–Crippen LogP) is 3.52. The second kappa shape index (κ2) is 8.21. The zero-order valence-corrected chi connectivity index (χ0v) is 15.3. The topological polar surface area (TPSA) is 68.5 Å². The Balaban J connectivity index is 1.90. The lowest BCUT2D eigenvalue weighted by Gasteiger charge is -2.13. The second-order valence-corrected chi connectivity index (χ2v) is 7.86. The number of nitrogens with one attached hydrogen (secondary N) is 1. The van der Waals surface area contributed by atoms with Gasteiger partial charge in [0.1, 0.15) is 12.4 Å². The largest absolute Gasteiger partial charge is 0.492 e. The zero-order valence-electron chi connectivity index (χ0n) is 14.5. The summed E-state index contributed by atoms with van der Waals surface area (Å²) in [4.78, 5) is 0.316. The van der Waals surface area contributed by atoms with Crippen LogP contribution < -0.4 is 10.1 Å². The number of rotatable bonds is 8. The molecule has 2 aromatic carbocycles. The van der Waals surface area contributed by atoms with E-state index in [2.05, 4.69) is 5.32 Å². The zero-order chi connectivity index (χ0) is 18.4. The molecule has 3 rings (SSSR count). The number of ether oxygens (including phenoxy) is 1. The third-order valence-corrected chi connectivity index (χ3v) is 5.65. The van der Waals surface area contributed by atoms with Crippen LogP contribution in [0.25, 0.3) is 11.1 Å². The lowest BCUT2D eigenvalue weighted by atomic mass is 10.1. The van der Waals surface area contributed by atoms with Gasteiger partial charge < -0.3 is 14.5 Å². The van der Waals surface area contributed by atoms with Crippen molar-refractivity contribution in [2.24, 2.45) is 0 Å². The molecule has 0 fully saturated rings. The number of benzene rings is 2. The molecule has 5 nitrogen and oxygen atoms in total. The van der Waals surface area contributed by atoms with Crippen LogP contribution in [0, 0.1) is 0 Å². The van der Waals surface area contributed by atoms with Crippen LogP contribution >= 0.6 is 0 Å². The Labute approximate surface area is 153 Å². The van der Waals surface area contributed by atoms with Gasteiger partial charge in [-0.05, 0) is 36.9 Å². The molecule has 0 amide bonds. The standard InChI is InChI=1S/C20H21NO4S/c1-21-10-12-25-20-13-16(7-8-19(20)17-9-11-24-14-17)15-26(22,23)18-5-3-2-4-6-18/h2-9,11,13-14,21H,10,12,15H2,1H3. The fraction of sp³-hybridized carbons (Fsp3) is 0.200. The molecule has 3 aromatic rings. The van der Waals surface area contributed by atoms with Crippen LogP contribution in [0.3, 0.4) is 0 Å². The highest BCUT2D eigenvalue weighted by Crippen LogP contribution is 2.32. The van der Waals surface area contributed by atoms with E-state index >= 15 is 0 Å². The highest BCUT2D eigenvalue weighted by Gasteiger charge is 2.17. The lowest BCUT2D eigenvalue weighted by Crippen LogP contribution is -2.16. The average molecular weight is 371 g/mol. The molecule has 0 saturated heterocycles. The Morgan fingerprint density at radius 3 is 2.58 bits per heavy atom. The number of furan rings is 1. The molecule has 1 heterocycles. The monoisotopic (exact) mass is 371 g/mol. The van der Waals surface area contributed by atoms with E-state index in [9.17, 15) is 8.42 Å². The number of likely N-dealkylation sites (N-methyl/N-ethyl adjacent to an activating group) is 1. The first-order valence-electron chi connectivity index (χ1n) is 8.31. The molecule has 136 valence electrons. The van der Waals surface area contributed by atoms with Gasteiger partial charge in [-0.2, -0.15) is 0 Å². The van der Waals surface area contributed by atoms with Crippen LogP contribution in [0.1, 0.15) is 5.56 Å². The Morgan fingerprint density at radius 2 is 1.88 bits per heavy atom. The molecular formula is C20H21NO4S. The third kappa shape index (κ3) is 4.33. The van der Waals surface area contributed by atoms with Crippen LogP contribution in [0.2, 0.25) is 0 Å². The summed E-state index contributed by atoms with van der Waals surface area (Å²) in [5.74, 6) is 0.563. The summed E-state index contributed by atoms with van der Waals surface area (Å²) in [6.07, 6.45) is 3.24. The van der Waals surface area contributed by atoms with Crippen molar-refractivity contribution >= 4 is 9.84 Å². The van der Waals surface area contributed by atoms with Gasteiger partial charge in [0.25, 0.3) is 0 Å². The summed E-state index contributed by atoms with van der Waals surface area (Å²) in [7, 11) is -1.56. The molecular weight excluding hydrogens is 350 g/mol. The predicted molar refractivity (Wildman–Crippen MR) is 101 cm³/mol. The Morgan fingerprint density at radius 1 is 1.08 bits per heavy atom. The van der Waals surface area contributed by atoms with Gasteiger partial charge in [-0.15, -0.1) is 0 Å². The Bertz CT molecular complexity index is 935. The van der Waals surface area contributed by atoms with E-state index in [-0.39, 0.29) is 5.75 Å². The number of hydrogen-bond acceptors (Lipinski definition) is 5. The first-order valence-corrected chi connectivity index (χ1v) is 9.96. The van der Waals surface area contributed by atoms with Gasteiger partial charge in [0.15, 0.2) is 9.84 Å². The quantitative estimate of drug-likeness (QED) is 0.614. The van der Waals surface area contributed by atoms with Crippen molar-refractivity contribution in [1.29, 1.82) is 0 Å². The van der Waals surface area contributed by atoms with Gasteiger partial charge in [-0.1, -0.05) is 30.3 Å². The molecule has 1 N–H and O–H groups in total. The first kappa shape index (κ1) is 18.2. The fourth-order valence-electron chi connectivity index (χ4n) is 2.63. The Hall–Kier alpha value is -2.57. The molecule has 0 bridgehead atoms. The van der Waals surface area contributed by atoms with Crippen molar-refractivity contribution in [2.75, 3.05) is 20.2 Å². The summed E-state index contributed by atoms with van der Waals surface area (Å²) < 4.78 is 36.3. The van der Waals surface area contributed by atoms with Crippen molar-refractivity contribution in [1.82, 2.24) is 5.32 Å². The van der Waals surface area contributed by atoms with E-state index in [0.717, 1.165) is 11.1 Å². The van der Waals surface area contributed by atoms with Crippen LogP contribution in [0.4, 0.5) is 0 Å². The minimum atomic E-state index is -3.41. The van der Waals surface area contributed by atoms with Gasteiger partial charge >= 0.3 is 0 Å². The van der Waals surface area contributed by atoms with Crippen molar-refractivity contribution < 1.29 is 17.6 Å². The number of hydrogen-bond donors (Lipinski definition) is 1. The van der Waals surface area contributed by atoms with E-state index < -0.39 is 9.84 Å². The summed E-state index contributed by atoms with van der Waals surface area (Å²) in [6.45, 7) is 1.17. The van der Waals surface area contributed by atoms with Crippen LogP contribution in [0.15, 0.2) is 76.4 Å². The second-order valence-electron chi connectivity index (χ2n) is 5.87. The van der Waals surface area contributed by atoms with Crippen molar-refractivity contribution in [3.63, 3.8) is 0 Å². The van der Waals surface area contributed by atoms with Gasteiger partial charge in [0, 0.05) is 17.7 Å². The SMILES string of the molecule is CNCCOc1cc(CS(=O)(=O)c2ccccc2)ccc1-c1ccoc1. The van der Waals surface area contributed by atoms with Crippen LogP contribution in [0.5, 0.6) is 5.75 Å². The molecule has 0 aliphatic heterocycles. The van der Waals surface area contributed by atoms with Gasteiger partial charge in [0.2, 0.25) is 0 Å². The fourth-order valence-corrected chi connectivity index (χ4v) is 3.98. The van der Waals surface area contributed by atoms with Crippen molar-refractivity contribution in [2.45, 2.75) is 10.6 Å². The molecule has 1 aromatic heterocycles. The maximum Gasteiger partial charge on any atom is 0.182 e. The summed E-state index contributed by atoms with van der Waals surface area (Å²) >= 11 is 0. The van der Waals surface area contributed by atoms with Crippen molar-refractivity contribution in [3.8, 4) is 16.9 Å². The maximum atomic E-state index is 12.6. The molecule has 0 spiro atoms. The van der Waals surface area contributed by atoms with Gasteiger partial charge in [-0.3, -0.25) is 0 Å². The normalized spacial score (nSPS) is 11.4. The molecule has 0 radical (unpaired) electrons. The summed E-state index contributed by atoms with van der Waals surface area (Å²) in [5.41, 5.74) is 2.44. The molecule has 6 heteroatoms. The lowest BCUT2D eigenvalue weighted by molar-refractivity contribution is 0.319. The average Bonchev–Trinajstić information content (AvgIpc) is 3.17. The number of sulfone groups is 1. The summed E-state index contributed by atoms with van der Waals surface area (Å²) in [5, 5.41) is 3.03. The van der Waals surface area contributed by atoms with E-state index in [1.54, 1.807) is 48.9 Å².